The topological polar surface area (TPSA) is 32.3 Å². The lowest BCUT2D eigenvalue weighted by atomic mass is 10.0. The summed E-state index contributed by atoms with van der Waals surface area (Å²) in [5, 5.41) is 15.5. The summed E-state index contributed by atoms with van der Waals surface area (Å²) in [7, 11) is 0. The zero-order chi connectivity index (χ0) is 10.8. The first-order valence-corrected chi connectivity index (χ1v) is 5.71. The minimum absolute atomic E-state index is 0.0429. The van der Waals surface area contributed by atoms with E-state index in [0.717, 1.165) is 4.88 Å². The molecule has 2 N–H and O–H groups in total. The van der Waals surface area contributed by atoms with Gasteiger partial charge in [-0.05, 0) is 39.1 Å². The fraction of sp³-hybridized carbons (Fsp3) is 0.636. The Balaban J connectivity index is 2.59. The summed E-state index contributed by atoms with van der Waals surface area (Å²) in [5.41, 5.74) is -0.720. The average Bonchev–Trinajstić information content (AvgIpc) is 2.52. The van der Waals surface area contributed by atoms with Gasteiger partial charge in [-0.2, -0.15) is 0 Å². The number of thiophene rings is 1. The summed E-state index contributed by atoms with van der Waals surface area (Å²) >= 11 is 1.59. The highest BCUT2D eigenvalue weighted by atomic mass is 32.1. The van der Waals surface area contributed by atoms with Crippen molar-refractivity contribution in [2.75, 3.05) is 6.54 Å². The van der Waals surface area contributed by atoms with Gasteiger partial charge in [0.2, 0.25) is 0 Å². The van der Waals surface area contributed by atoms with Crippen molar-refractivity contribution < 1.29 is 5.11 Å². The van der Waals surface area contributed by atoms with Crippen LogP contribution in [-0.2, 0) is 5.60 Å². The van der Waals surface area contributed by atoms with Gasteiger partial charge in [0.15, 0.2) is 0 Å². The van der Waals surface area contributed by atoms with Gasteiger partial charge in [-0.1, -0.05) is 6.07 Å². The fourth-order valence-electron chi connectivity index (χ4n) is 1.11. The van der Waals surface area contributed by atoms with Gasteiger partial charge in [-0.3, -0.25) is 0 Å². The number of aliphatic hydroxyl groups is 1. The van der Waals surface area contributed by atoms with Crippen LogP contribution in [0.25, 0.3) is 0 Å². The maximum atomic E-state index is 10.2. The smallest absolute Gasteiger partial charge is 0.108 e. The van der Waals surface area contributed by atoms with Gasteiger partial charge < -0.3 is 10.4 Å². The van der Waals surface area contributed by atoms with Crippen LogP contribution in [0.4, 0.5) is 0 Å². The van der Waals surface area contributed by atoms with Gasteiger partial charge >= 0.3 is 0 Å². The molecular weight excluding hydrogens is 194 g/mol. The van der Waals surface area contributed by atoms with Crippen LogP contribution in [0, 0.1) is 0 Å². The highest BCUT2D eigenvalue weighted by Gasteiger charge is 2.25. The third-order valence-corrected chi connectivity index (χ3v) is 3.14. The molecule has 1 atom stereocenters. The fourth-order valence-corrected chi connectivity index (χ4v) is 1.90. The SMILES string of the molecule is CC(C)(C)NCC(C)(O)c1cccs1. The molecule has 1 heterocycles. The third-order valence-electron chi connectivity index (χ3n) is 2.01. The lowest BCUT2D eigenvalue weighted by Crippen LogP contribution is -2.44. The van der Waals surface area contributed by atoms with E-state index in [1.165, 1.54) is 0 Å². The molecule has 0 fully saturated rings. The molecule has 0 saturated carbocycles. The molecule has 2 nitrogen and oxygen atoms in total. The first-order chi connectivity index (χ1) is 6.31. The predicted molar refractivity (Wildman–Crippen MR) is 61.6 cm³/mol. The second-order valence-corrected chi connectivity index (χ2v) is 5.80. The average molecular weight is 213 g/mol. The van der Waals surface area contributed by atoms with Gasteiger partial charge in [-0.25, -0.2) is 0 Å². The number of nitrogens with one attached hydrogen (secondary N) is 1. The zero-order valence-corrected chi connectivity index (χ0v) is 10.1. The molecule has 3 heteroatoms. The van der Waals surface area contributed by atoms with Crippen LogP contribution >= 0.6 is 11.3 Å². The van der Waals surface area contributed by atoms with Gasteiger partial charge in [0.1, 0.15) is 5.60 Å². The van der Waals surface area contributed by atoms with E-state index in [2.05, 4.69) is 26.1 Å². The van der Waals surface area contributed by atoms with Crippen molar-refractivity contribution in [3.63, 3.8) is 0 Å². The molecule has 1 unspecified atom stereocenters. The van der Waals surface area contributed by atoms with Gasteiger partial charge in [-0.15, -0.1) is 11.3 Å². The molecule has 0 aromatic carbocycles. The molecule has 0 spiro atoms. The van der Waals surface area contributed by atoms with Crippen LogP contribution in [0.1, 0.15) is 32.6 Å². The largest absolute Gasteiger partial charge is 0.383 e. The van der Waals surface area contributed by atoms with Crippen molar-refractivity contribution in [1.29, 1.82) is 0 Å². The van der Waals surface area contributed by atoms with Crippen LogP contribution in [0.5, 0.6) is 0 Å². The Morgan fingerprint density at radius 2 is 2.00 bits per heavy atom. The quantitative estimate of drug-likeness (QED) is 0.808. The summed E-state index contributed by atoms with van der Waals surface area (Å²) in [5.74, 6) is 0. The third kappa shape index (κ3) is 3.40. The van der Waals surface area contributed by atoms with E-state index in [9.17, 15) is 5.11 Å². The Bertz CT molecular complexity index is 272. The van der Waals surface area contributed by atoms with Crippen LogP contribution in [0.15, 0.2) is 17.5 Å². The van der Waals surface area contributed by atoms with E-state index in [1.54, 1.807) is 11.3 Å². The van der Waals surface area contributed by atoms with Crippen molar-refractivity contribution in [2.45, 2.75) is 38.8 Å². The monoisotopic (exact) mass is 213 g/mol. The molecule has 14 heavy (non-hydrogen) atoms. The lowest BCUT2D eigenvalue weighted by Gasteiger charge is -2.28. The van der Waals surface area contributed by atoms with E-state index < -0.39 is 5.60 Å². The standard InChI is InChI=1S/C11H19NOS/c1-10(2,3)12-8-11(4,13)9-6-5-7-14-9/h5-7,12-13H,8H2,1-4H3. The lowest BCUT2D eigenvalue weighted by molar-refractivity contribution is 0.0538. The number of β-amino-alcohol motifs (C(OH)–C–C–N with tert-alkyl or cyclic N) is 1. The van der Waals surface area contributed by atoms with Crippen molar-refractivity contribution in [3.05, 3.63) is 22.4 Å². The molecule has 0 aliphatic heterocycles. The molecule has 0 bridgehead atoms. The van der Waals surface area contributed by atoms with Crippen molar-refractivity contribution in [2.24, 2.45) is 0 Å². The zero-order valence-electron chi connectivity index (χ0n) is 9.29. The molecule has 0 radical (unpaired) electrons. The predicted octanol–water partition coefficient (Wildman–Crippen LogP) is 2.34. The molecule has 0 amide bonds. The molecule has 0 aliphatic carbocycles. The first kappa shape index (κ1) is 11.7. The van der Waals surface area contributed by atoms with E-state index in [-0.39, 0.29) is 5.54 Å². The summed E-state index contributed by atoms with van der Waals surface area (Å²) in [4.78, 5) is 1.01. The Labute approximate surface area is 90.0 Å². The second kappa shape index (κ2) is 4.01. The van der Waals surface area contributed by atoms with E-state index in [0.29, 0.717) is 6.54 Å². The number of hydrogen-bond donors (Lipinski definition) is 2. The molecule has 1 rings (SSSR count). The van der Waals surface area contributed by atoms with Crippen LogP contribution in [0.3, 0.4) is 0 Å². The Morgan fingerprint density at radius 1 is 1.36 bits per heavy atom. The maximum absolute atomic E-state index is 10.2. The Morgan fingerprint density at radius 3 is 2.43 bits per heavy atom. The summed E-state index contributed by atoms with van der Waals surface area (Å²) in [6, 6.07) is 3.93. The van der Waals surface area contributed by atoms with E-state index in [1.807, 2.05) is 24.4 Å². The number of hydrogen-bond acceptors (Lipinski definition) is 3. The summed E-state index contributed by atoms with van der Waals surface area (Å²) < 4.78 is 0. The van der Waals surface area contributed by atoms with E-state index in [4.69, 9.17) is 0 Å². The van der Waals surface area contributed by atoms with Crippen LogP contribution in [-0.4, -0.2) is 17.2 Å². The molecule has 0 aliphatic rings. The Hall–Kier alpha value is -0.380. The molecule has 1 aromatic heterocycles. The summed E-state index contributed by atoms with van der Waals surface area (Å²) in [6.07, 6.45) is 0. The molecular formula is C11H19NOS. The van der Waals surface area contributed by atoms with Crippen molar-refractivity contribution in [1.82, 2.24) is 5.32 Å². The van der Waals surface area contributed by atoms with Crippen molar-refractivity contribution >= 4 is 11.3 Å². The minimum Gasteiger partial charge on any atom is -0.383 e. The molecule has 80 valence electrons. The van der Waals surface area contributed by atoms with E-state index >= 15 is 0 Å². The van der Waals surface area contributed by atoms with Crippen LogP contribution < -0.4 is 5.32 Å². The second-order valence-electron chi connectivity index (χ2n) is 4.85. The first-order valence-electron chi connectivity index (χ1n) is 4.83. The van der Waals surface area contributed by atoms with Gasteiger partial charge in [0.25, 0.3) is 0 Å². The number of rotatable bonds is 3. The van der Waals surface area contributed by atoms with Gasteiger partial charge in [0, 0.05) is 17.0 Å². The van der Waals surface area contributed by atoms with Gasteiger partial charge in [0.05, 0.1) is 0 Å². The normalized spacial score (nSPS) is 16.6. The minimum atomic E-state index is -0.762. The molecule has 0 saturated heterocycles. The highest BCUT2D eigenvalue weighted by molar-refractivity contribution is 7.10. The molecule has 1 aromatic rings. The van der Waals surface area contributed by atoms with Crippen molar-refractivity contribution in [3.8, 4) is 0 Å². The highest BCUT2D eigenvalue weighted by Crippen LogP contribution is 2.24. The summed E-state index contributed by atoms with van der Waals surface area (Å²) in [6.45, 7) is 8.71. The maximum Gasteiger partial charge on any atom is 0.108 e. The van der Waals surface area contributed by atoms with Crippen LogP contribution in [0.2, 0.25) is 0 Å². The Kier molecular flexibility index (Phi) is 3.35.